The lowest BCUT2D eigenvalue weighted by molar-refractivity contribution is 0.312. The van der Waals surface area contributed by atoms with Crippen molar-refractivity contribution in [3.8, 4) is 0 Å². The van der Waals surface area contributed by atoms with Crippen molar-refractivity contribution in [1.29, 1.82) is 0 Å². The van der Waals surface area contributed by atoms with Gasteiger partial charge in [-0.25, -0.2) is 4.98 Å². The summed E-state index contributed by atoms with van der Waals surface area (Å²) in [6, 6.07) is 1.75. The second kappa shape index (κ2) is 4.20. The fraction of sp³-hybridized carbons (Fsp3) is 0.556. The zero-order valence-electron chi connectivity index (χ0n) is 8.65. The number of hydrogen-bond acceptors (Lipinski definition) is 5. The van der Waals surface area contributed by atoms with E-state index in [2.05, 4.69) is 26.8 Å². The summed E-state index contributed by atoms with van der Waals surface area (Å²) in [6.07, 6.45) is 0. The molecule has 5 nitrogen and oxygen atoms in total. The highest BCUT2D eigenvalue weighted by Crippen LogP contribution is 2.18. The Hall–Kier alpha value is -1.07. The predicted molar refractivity (Wildman–Crippen MR) is 61.2 cm³/mol. The molecule has 0 atom stereocenters. The second-order valence-electron chi connectivity index (χ2n) is 3.70. The minimum atomic E-state index is 0.233. The lowest BCUT2D eigenvalue weighted by Crippen LogP contribution is -2.44. The molecule has 1 saturated heterocycles. The van der Waals surface area contributed by atoms with E-state index in [1.807, 2.05) is 0 Å². The molecule has 82 valence electrons. The molecular weight excluding hydrogens is 214 g/mol. The zero-order valence-corrected chi connectivity index (χ0v) is 9.41. The third-order valence-electron chi connectivity index (χ3n) is 2.53. The maximum atomic E-state index is 5.83. The van der Waals surface area contributed by atoms with Gasteiger partial charge in [-0.15, -0.1) is 0 Å². The molecule has 2 rings (SSSR count). The molecule has 0 radical (unpaired) electrons. The average Bonchev–Trinajstić information content (AvgIpc) is 2.17. The number of nitrogens with zero attached hydrogens (tertiary/aromatic N) is 4. The van der Waals surface area contributed by atoms with Crippen LogP contribution in [0.25, 0.3) is 0 Å². The molecule has 2 heterocycles. The number of rotatable bonds is 1. The minimum Gasteiger partial charge on any atom is -0.368 e. The van der Waals surface area contributed by atoms with Gasteiger partial charge >= 0.3 is 0 Å². The van der Waals surface area contributed by atoms with Crippen LogP contribution in [0.2, 0.25) is 5.15 Å². The first-order chi connectivity index (χ1) is 7.15. The van der Waals surface area contributed by atoms with E-state index in [0.29, 0.717) is 5.15 Å². The Morgan fingerprint density at radius 2 is 1.93 bits per heavy atom. The number of anilines is 2. The van der Waals surface area contributed by atoms with E-state index >= 15 is 0 Å². The highest BCUT2D eigenvalue weighted by molar-refractivity contribution is 6.29. The summed E-state index contributed by atoms with van der Waals surface area (Å²) in [6.45, 7) is 3.95. The van der Waals surface area contributed by atoms with Crippen LogP contribution < -0.4 is 10.6 Å². The molecule has 0 unspecified atom stereocenters. The van der Waals surface area contributed by atoms with Crippen LogP contribution in [-0.4, -0.2) is 48.1 Å². The first kappa shape index (κ1) is 10.4. The molecule has 15 heavy (non-hydrogen) atoms. The largest absolute Gasteiger partial charge is 0.368 e. The number of nitrogen functional groups attached to an aromatic ring is 1. The molecule has 0 saturated carbocycles. The summed E-state index contributed by atoms with van der Waals surface area (Å²) in [5.74, 6) is 1.05. The van der Waals surface area contributed by atoms with E-state index in [-0.39, 0.29) is 5.95 Å². The number of likely N-dealkylation sites (N-methyl/N-ethyl adjacent to an activating group) is 1. The quantitative estimate of drug-likeness (QED) is 0.707. The van der Waals surface area contributed by atoms with Gasteiger partial charge in [0.25, 0.3) is 0 Å². The Balaban J connectivity index is 2.15. The molecule has 0 aromatic carbocycles. The molecule has 2 N–H and O–H groups in total. The standard InChI is InChI=1S/C9H14ClN5/c1-14-2-4-15(5-3-14)8-6-7(10)12-9(11)13-8/h6H,2-5H2,1H3,(H2,11,12,13). The molecule has 1 aliphatic heterocycles. The Kier molecular flexibility index (Phi) is 2.93. The lowest BCUT2D eigenvalue weighted by atomic mass is 10.3. The number of aromatic nitrogens is 2. The van der Waals surface area contributed by atoms with Gasteiger partial charge < -0.3 is 15.5 Å². The summed E-state index contributed by atoms with van der Waals surface area (Å²) in [7, 11) is 2.11. The second-order valence-corrected chi connectivity index (χ2v) is 4.08. The van der Waals surface area contributed by atoms with Crippen molar-refractivity contribution >= 4 is 23.4 Å². The SMILES string of the molecule is CN1CCN(c2cc(Cl)nc(N)n2)CC1. The first-order valence-electron chi connectivity index (χ1n) is 4.89. The zero-order chi connectivity index (χ0) is 10.8. The molecule has 1 fully saturated rings. The molecule has 6 heteroatoms. The Morgan fingerprint density at radius 3 is 2.53 bits per heavy atom. The molecule has 0 bridgehead atoms. The van der Waals surface area contributed by atoms with Crippen LogP contribution in [0, 0.1) is 0 Å². The topological polar surface area (TPSA) is 58.3 Å². The van der Waals surface area contributed by atoms with Gasteiger partial charge in [0.05, 0.1) is 0 Å². The van der Waals surface area contributed by atoms with Crippen LogP contribution in [-0.2, 0) is 0 Å². The van der Waals surface area contributed by atoms with Gasteiger partial charge in [0, 0.05) is 32.2 Å². The van der Waals surface area contributed by atoms with E-state index in [4.69, 9.17) is 17.3 Å². The van der Waals surface area contributed by atoms with Gasteiger partial charge in [0.2, 0.25) is 5.95 Å². The van der Waals surface area contributed by atoms with Crippen LogP contribution in [0.3, 0.4) is 0 Å². The van der Waals surface area contributed by atoms with Crippen LogP contribution in [0.5, 0.6) is 0 Å². The molecular formula is C9H14ClN5. The van der Waals surface area contributed by atoms with Gasteiger partial charge in [0.1, 0.15) is 11.0 Å². The average molecular weight is 228 g/mol. The third kappa shape index (κ3) is 2.49. The van der Waals surface area contributed by atoms with Crippen molar-refractivity contribution in [2.45, 2.75) is 0 Å². The Morgan fingerprint density at radius 1 is 1.27 bits per heavy atom. The number of piperazine rings is 1. The predicted octanol–water partition coefficient (Wildman–Crippen LogP) is 0.464. The van der Waals surface area contributed by atoms with Crippen molar-refractivity contribution in [2.24, 2.45) is 0 Å². The highest BCUT2D eigenvalue weighted by Gasteiger charge is 2.16. The van der Waals surface area contributed by atoms with Gasteiger partial charge in [-0.2, -0.15) is 4.98 Å². The molecule has 1 aromatic heterocycles. The molecule has 1 aliphatic rings. The lowest BCUT2D eigenvalue weighted by Gasteiger charge is -2.33. The molecule has 0 amide bonds. The van der Waals surface area contributed by atoms with Crippen LogP contribution in [0.1, 0.15) is 0 Å². The Bertz CT molecular complexity index is 328. The Labute approximate surface area is 93.9 Å². The van der Waals surface area contributed by atoms with E-state index in [9.17, 15) is 0 Å². The van der Waals surface area contributed by atoms with E-state index in [1.54, 1.807) is 6.07 Å². The van der Waals surface area contributed by atoms with Crippen molar-refractivity contribution in [1.82, 2.24) is 14.9 Å². The van der Waals surface area contributed by atoms with Gasteiger partial charge in [-0.1, -0.05) is 11.6 Å². The maximum absolute atomic E-state index is 5.83. The number of nitrogens with two attached hydrogens (primary N) is 1. The van der Waals surface area contributed by atoms with Crippen LogP contribution in [0.4, 0.5) is 11.8 Å². The van der Waals surface area contributed by atoms with Gasteiger partial charge in [-0.3, -0.25) is 0 Å². The van der Waals surface area contributed by atoms with Crippen molar-refractivity contribution in [2.75, 3.05) is 43.9 Å². The van der Waals surface area contributed by atoms with Crippen molar-refractivity contribution < 1.29 is 0 Å². The number of halogens is 1. The van der Waals surface area contributed by atoms with Crippen molar-refractivity contribution in [3.63, 3.8) is 0 Å². The fourth-order valence-corrected chi connectivity index (χ4v) is 1.80. The smallest absolute Gasteiger partial charge is 0.223 e. The van der Waals surface area contributed by atoms with Crippen LogP contribution in [0.15, 0.2) is 6.07 Å². The molecule has 0 aliphatic carbocycles. The summed E-state index contributed by atoms with van der Waals surface area (Å²) < 4.78 is 0. The molecule has 0 spiro atoms. The minimum absolute atomic E-state index is 0.233. The third-order valence-corrected chi connectivity index (χ3v) is 2.72. The van der Waals surface area contributed by atoms with E-state index < -0.39 is 0 Å². The summed E-state index contributed by atoms with van der Waals surface area (Å²) >= 11 is 5.83. The van der Waals surface area contributed by atoms with E-state index in [1.165, 1.54) is 0 Å². The molecule has 1 aromatic rings. The number of hydrogen-bond donors (Lipinski definition) is 1. The summed E-state index contributed by atoms with van der Waals surface area (Å²) in [5.41, 5.74) is 5.55. The normalized spacial score (nSPS) is 18.1. The maximum Gasteiger partial charge on any atom is 0.223 e. The van der Waals surface area contributed by atoms with Crippen LogP contribution >= 0.6 is 11.6 Å². The summed E-state index contributed by atoms with van der Waals surface area (Å²) in [5, 5.41) is 0.399. The fourth-order valence-electron chi connectivity index (χ4n) is 1.62. The monoisotopic (exact) mass is 227 g/mol. The van der Waals surface area contributed by atoms with E-state index in [0.717, 1.165) is 32.0 Å². The van der Waals surface area contributed by atoms with Crippen molar-refractivity contribution in [3.05, 3.63) is 11.2 Å². The summed E-state index contributed by atoms with van der Waals surface area (Å²) in [4.78, 5) is 12.5. The highest BCUT2D eigenvalue weighted by atomic mass is 35.5. The first-order valence-corrected chi connectivity index (χ1v) is 5.26. The van der Waals surface area contributed by atoms with Gasteiger partial charge in [0.15, 0.2) is 0 Å². The van der Waals surface area contributed by atoms with Gasteiger partial charge in [-0.05, 0) is 7.05 Å².